The zero-order valence-corrected chi connectivity index (χ0v) is 16.8. The van der Waals surface area contributed by atoms with Crippen molar-refractivity contribution in [1.82, 2.24) is 19.8 Å². The number of thiophene rings is 1. The van der Waals surface area contributed by atoms with Gasteiger partial charge in [0, 0.05) is 44.1 Å². The molecule has 0 atom stereocenters. The van der Waals surface area contributed by atoms with Crippen molar-refractivity contribution < 1.29 is 9.59 Å². The number of carbonyl (C=O) groups is 2. The highest BCUT2D eigenvalue weighted by atomic mass is 32.1. The van der Waals surface area contributed by atoms with Gasteiger partial charge in [-0.1, -0.05) is 0 Å². The molecule has 2 fully saturated rings. The predicted octanol–water partition coefficient (Wildman–Crippen LogP) is 2.72. The first-order valence-electron chi connectivity index (χ1n) is 10.3. The van der Waals surface area contributed by atoms with E-state index in [1.165, 1.54) is 5.56 Å². The summed E-state index contributed by atoms with van der Waals surface area (Å²) in [4.78, 5) is 37.7. The number of hydrogen-bond donors (Lipinski definition) is 1. The van der Waals surface area contributed by atoms with Gasteiger partial charge >= 0.3 is 0 Å². The third-order valence-corrected chi connectivity index (χ3v) is 7.34. The summed E-state index contributed by atoms with van der Waals surface area (Å²) in [6.45, 7) is 2.16. The first kappa shape index (κ1) is 17.9. The normalized spacial score (nSPS) is 21.0. The number of rotatable bonds is 4. The lowest BCUT2D eigenvalue weighted by Gasteiger charge is -2.50. The van der Waals surface area contributed by atoms with Crippen molar-refractivity contribution >= 4 is 23.2 Å². The maximum Gasteiger partial charge on any atom is 0.226 e. The van der Waals surface area contributed by atoms with Crippen molar-refractivity contribution in [3.63, 3.8) is 0 Å². The molecule has 7 heteroatoms. The topological polar surface area (TPSA) is 69.3 Å². The Morgan fingerprint density at radius 3 is 2.79 bits per heavy atom. The molecule has 0 aromatic carbocycles. The van der Waals surface area contributed by atoms with Crippen molar-refractivity contribution in [2.75, 3.05) is 19.6 Å². The van der Waals surface area contributed by atoms with Crippen LogP contribution in [0.25, 0.3) is 0 Å². The van der Waals surface area contributed by atoms with Gasteiger partial charge in [-0.2, -0.15) is 11.3 Å². The number of fused-ring (bicyclic) bond motifs is 2. The van der Waals surface area contributed by atoms with E-state index in [0.717, 1.165) is 56.5 Å². The number of nitrogens with one attached hydrogen (secondary N) is 1. The van der Waals surface area contributed by atoms with Gasteiger partial charge in [0.05, 0.1) is 17.6 Å². The van der Waals surface area contributed by atoms with Crippen LogP contribution in [0.4, 0.5) is 0 Å². The number of likely N-dealkylation sites (tertiary alicyclic amines) is 1. The summed E-state index contributed by atoms with van der Waals surface area (Å²) < 4.78 is 0. The second-order valence-corrected chi connectivity index (χ2v) is 9.07. The van der Waals surface area contributed by atoms with Crippen molar-refractivity contribution in [3.05, 3.63) is 40.1 Å². The van der Waals surface area contributed by atoms with Gasteiger partial charge in [0.1, 0.15) is 0 Å². The fourth-order valence-corrected chi connectivity index (χ4v) is 5.53. The number of nitrogens with zero attached hydrogens (tertiary/aromatic N) is 3. The minimum absolute atomic E-state index is 0.211. The van der Waals surface area contributed by atoms with Gasteiger partial charge in [0.25, 0.3) is 0 Å². The monoisotopic (exact) mass is 398 g/mol. The van der Waals surface area contributed by atoms with Crippen molar-refractivity contribution in [3.8, 4) is 0 Å². The van der Waals surface area contributed by atoms with Crippen molar-refractivity contribution in [2.24, 2.45) is 5.92 Å². The van der Waals surface area contributed by atoms with Crippen LogP contribution in [0.15, 0.2) is 23.2 Å². The number of imidazole rings is 1. The third-order valence-electron chi connectivity index (χ3n) is 6.60. The standard InChI is InChI=1S/C21H26N4O2S/c26-18(4-1-15-6-12-28-13-15)24-10-7-21(8-11-24)19-17(22-14-23-19)5-9-25(21)20(27)16-2-3-16/h6,12-14,16H,1-5,7-11H2,(H,22,23). The number of aromatic amines is 1. The van der Waals surface area contributed by atoms with Crippen LogP contribution in [0, 0.1) is 5.92 Å². The first-order valence-corrected chi connectivity index (χ1v) is 11.2. The van der Waals surface area contributed by atoms with E-state index in [-0.39, 0.29) is 17.4 Å². The lowest BCUT2D eigenvalue weighted by molar-refractivity contribution is -0.145. The average Bonchev–Trinajstić information content (AvgIpc) is 3.22. The average molecular weight is 399 g/mol. The Balaban J connectivity index is 1.31. The molecular formula is C21H26N4O2S. The highest BCUT2D eigenvalue weighted by Gasteiger charge is 2.51. The maximum absolute atomic E-state index is 13.0. The molecule has 2 aliphatic heterocycles. The molecular weight excluding hydrogens is 372 g/mol. The van der Waals surface area contributed by atoms with E-state index in [1.807, 2.05) is 4.90 Å². The predicted molar refractivity (Wildman–Crippen MR) is 107 cm³/mol. The van der Waals surface area contributed by atoms with E-state index in [9.17, 15) is 9.59 Å². The molecule has 1 aliphatic carbocycles. The Morgan fingerprint density at radius 2 is 2.07 bits per heavy atom. The van der Waals surface area contributed by atoms with Crippen molar-refractivity contribution in [2.45, 2.75) is 50.5 Å². The minimum atomic E-state index is -0.336. The van der Waals surface area contributed by atoms with E-state index < -0.39 is 0 Å². The molecule has 1 N–H and O–H groups in total. The summed E-state index contributed by atoms with van der Waals surface area (Å²) in [5.41, 5.74) is 3.11. The summed E-state index contributed by atoms with van der Waals surface area (Å²) in [7, 11) is 0. The van der Waals surface area contributed by atoms with Gasteiger partial charge in [-0.05, 0) is 54.5 Å². The summed E-state index contributed by atoms with van der Waals surface area (Å²) in [5.74, 6) is 0.729. The van der Waals surface area contributed by atoms with Gasteiger partial charge in [-0.25, -0.2) is 4.98 Å². The van der Waals surface area contributed by atoms with Crippen LogP contribution in [0.1, 0.15) is 49.1 Å². The van der Waals surface area contributed by atoms with Gasteiger partial charge in [-0.3, -0.25) is 9.59 Å². The molecule has 6 nitrogen and oxygen atoms in total. The number of aryl methyl sites for hydroxylation is 1. The molecule has 148 valence electrons. The highest BCUT2D eigenvalue weighted by Crippen LogP contribution is 2.45. The molecule has 1 saturated heterocycles. The van der Waals surface area contributed by atoms with Crippen LogP contribution in [0.5, 0.6) is 0 Å². The number of carbonyl (C=O) groups excluding carboxylic acids is 2. The van der Waals surface area contributed by atoms with Crippen LogP contribution in [0.3, 0.4) is 0 Å². The molecule has 2 aromatic rings. The number of aromatic nitrogens is 2. The smallest absolute Gasteiger partial charge is 0.226 e. The lowest BCUT2D eigenvalue weighted by Crippen LogP contribution is -2.59. The zero-order chi connectivity index (χ0) is 19.1. The molecule has 1 saturated carbocycles. The molecule has 0 bridgehead atoms. The third kappa shape index (κ3) is 3.05. The summed E-state index contributed by atoms with van der Waals surface area (Å²) in [5, 5.41) is 4.17. The van der Waals surface area contributed by atoms with E-state index in [0.29, 0.717) is 25.4 Å². The molecule has 3 aliphatic rings. The van der Waals surface area contributed by atoms with Gasteiger partial charge < -0.3 is 14.8 Å². The molecule has 0 unspecified atom stereocenters. The van der Waals surface area contributed by atoms with Crippen LogP contribution in [-0.4, -0.2) is 51.2 Å². The number of piperidine rings is 1. The van der Waals surface area contributed by atoms with Crippen LogP contribution in [0.2, 0.25) is 0 Å². The molecule has 2 aromatic heterocycles. The fraction of sp³-hybridized carbons (Fsp3) is 0.571. The molecule has 4 heterocycles. The molecule has 5 rings (SSSR count). The molecule has 0 radical (unpaired) electrons. The highest BCUT2D eigenvalue weighted by molar-refractivity contribution is 7.07. The first-order chi connectivity index (χ1) is 13.7. The van der Waals surface area contributed by atoms with Crippen LogP contribution < -0.4 is 0 Å². The summed E-state index contributed by atoms with van der Waals surface area (Å²) in [6, 6.07) is 2.09. The minimum Gasteiger partial charge on any atom is -0.348 e. The molecule has 2 amide bonds. The summed E-state index contributed by atoms with van der Waals surface area (Å²) >= 11 is 1.67. The number of H-pyrrole nitrogens is 1. The largest absolute Gasteiger partial charge is 0.348 e. The van der Waals surface area contributed by atoms with Crippen LogP contribution >= 0.6 is 11.3 Å². The van der Waals surface area contributed by atoms with Gasteiger partial charge in [0.15, 0.2) is 0 Å². The van der Waals surface area contributed by atoms with E-state index in [4.69, 9.17) is 0 Å². The second kappa shape index (κ2) is 7.03. The zero-order valence-electron chi connectivity index (χ0n) is 16.0. The summed E-state index contributed by atoms with van der Waals surface area (Å²) in [6.07, 6.45) is 7.58. The Kier molecular flexibility index (Phi) is 4.50. The Hall–Kier alpha value is -2.15. The fourth-order valence-electron chi connectivity index (χ4n) is 4.83. The SMILES string of the molecule is O=C(CCc1ccsc1)N1CCC2(CC1)c1nc[nH]c1CCN2C(=O)C1CC1. The lowest BCUT2D eigenvalue weighted by atomic mass is 9.78. The van der Waals surface area contributed by atoms with E-state index >= 15 is 0 Å². The quantitative estimate of drug-likeness (QED) is 0.861. The Labute approximate surface area is 168 Å². The van der Waals surface area contributed by atoms with Gasteiger partial charge in [-0.15, -0.1) is 0 Å². The van der Waals surface area contributed by atoms with Crippen molar-refractivity contribution in [1.29, 1.82) is 0 Å². The Morgan fingerprint density at radius 1 is 1.25 bits per heavy atom. The number of hydrogen-bond acceptors (Lipinski definition) is 4. The second-order valence-electron chi connectivity index (χ2n) is 8.29. The number of amides is 2. The molecule has 28 heavy (non-hydrogen) atoms. The van der Waals surface area contributed by atoms with E-state index in [2.05, 4.69) is 31.7 Å². The maximum atomic E-state index is 13.0. The van der Waals surface area contributed by atoms with Crippen LogP contribution in [-0.2, 0) is 28.0 Å². The Bertz CT molecular complexity index is 863. The molecule has 1 spiro atoms. The van der Waals surface area contributed by atoms with E-state index in [1.54, 1.807) is 17.7 Å². The van der Waals surface area contributed by atoms with Gasteiger partial charge in [0.2, 0.25) is 11.8 Å².